The van der Waals surface area contributed by atoms with E-state index in [2.05, 4.69) is 27.8 Å². The summed E-state index contributed by atoms with van der Waals surface area (Å²) in [6.07, 6.45) is 3.87. The van der Waals surface area contributed by atoms with Crippen molar-refractivity contribution in [3.05, 3.63) is 40.2 Å². The molecule has 2 aliphatic heterocycles. The van der Waals surface area contributed by atoms with Gasteiger partial charge >= 0.3 is 0 Å². The van der Waals surface area contributed by atoms with Gasteiger partial charge in [-0.15, -0.1) is 0 Å². The molecule has 2 saturated heterocycles. The SMILES string of the molecule is CC1CN(c2ccc(C#N)c3[nH]c(=O)ccc23)CC2CCCCN12. The van der Waals surface area contributed by atoms with Crippen LogP contribution in [-0.4, -0.2) is 41.6 Å². The van der Waals surface area contributed by atoms with E-state index in [9.17, 15) is 10.1 Å². The molecule has 1 aromatic carbocycles. The lowest BCUT2D eigenvalue weighted by Gasteiger charge is -2.49. The maximum absolute atomic E-state index is 11.7. The highest BCUT2D eigenvalue weighted by atomic mass is 16.1. The van der Waals surface area contributed by atoms with Crippen molar-refractivity contribution in [2.24, 2.45) is 0 Å². The molecule has 1 aromatic heterocycles. The molecular weight excluding hydrogens is 300 g/mol. The van der Waals surface area contributed by atoms with Gasteiger partial charge in [0, 0.05) is 42.3 Å². The molecule has 0 spiro atoms. The number of anilines is 1. The van der Waals surface area contributed by atoms with Crippen LogP contribution in [0.2, 0.25) is 0 Å². The van der Waals surface area contributed by atoms with Gasteiger partial charge in [0.05, 0.1) is 11.1 Å². The Balaban J connectivity index is 1.77. The number of hydrogen-bond acceptors (Lipinski definition) is 4. The smallest absolute Gasteiger partial charge is 0.248 e. The average Bonchev–Trinajstić information content (AvgIpc) is 2.60. The van der Waals surface area contributed by atoms with Gasteiger partial charge in [-0.25, -0.2) is 0 Å². The molecule has 2 fully saturated rings. The van der Waals surface area contributed by atoms with Crippen molar-refractivity contribution in [2.75, 3.05) is 24.5 Å². The molecular formula is C19H22N4O. The van der Waals surface area contributed by atoms with Crippen molar-refractivity contribution in [3.63, 3.8) is 0 Å². The average molecular weight is 322 g/mol. The van der Waals surface area contributed by atoms with Crippen molar-refractivity contribution in [3.8, 4) is 6.07 Å². The quantitative estimate of drug-likeness (QED) is 0.876. The minimum Gasteiger partial charge on any atom is -0.368 e. The van der Waals surface area contributed by atoms with Crippen LogP contribution < -0.4 is 10.5 Å². The second kappa shape index (κ2) is 5.95. The van der Waals surface area contributed by atoms with E-state index >= 15 is 0 Å². The van der Waals surface area contributed by atoms with Crippen LogP contribution in [0.5, 0.6) is 0 Å². The van der Waals surface area contributed by atoms with Crippen molar-refractivity contribution in [2.45, 2.75) is 38.3 Å². The van der Waals surface area contributed by atoms with Crippen molar-refractivity contribution < 1.29 is 0 Å². The Bertz CT molecular complexity index is 866. The Morgan fingerprint density at radius 1 is 1.21 bits per heavy atom. The lowest BCUT2D eigenvalue weighted by atomic mass is 9.95. The van der Waals surface area contributed by atoms with Gasteiger partial charge in [-0.05, 0) is 44.5 Å². The summed E-state index contributed by atoms with van der Waals surface area (Å²) < 4.78 is 0. The molecule has 0 saturated carbocycles. The first-order valence-electron chi connectivity index (χ1n) is 8.74. The topological polar surface area (TPSA) is 63.1 Å². The summed E-state index contributed by atoms with van der Waals surface area (Å²) in [5.41, 5.74) is 2.14. The summed E-state index contributed by atoms with van der Waals surface area (Å²) in [6.45, 7) is 5.51. The Morgan fingerprint density at radius 2 is 2.08 bits per heavy atom. The van der Waals surface area contributed by atoms with Gasteiger partial charge in [-0.1, -0.05) is 6.42 Å². The summed E-state index contributed by atoms with van der Waals surface area (Å²) in [5, 5.41) is 10.3. The first-order valence-corrected chi connectivity index (χ1v) is 8.74. The van der Waals surface area contributed by atoms with Gasteiger partial charge in [0.15, 0.2) is 0 Å². The largest absolute Gasteiger partial charge is 0.368 e. The number of aromatic nitrogens is 1. The first kappa shape index (κ1) is 15.2. The maximum atomic E-state index is 11.7. The van der Waals surface area contributed by atoms with E-state index in [4.69, 9.17) is 0 Å². The number of nitrogens with zero attached hydrogens (tertiary/aromatic N) is 3. The molecule has 0 bridgehead atoms. The normalized spacial score (nSPS) is 24.6. The van der Waals surface area contributed by atoms with E-state index in [1.165, 1.54) is 25.8 Å². The molecule has 5 heteroatoms. The number of aromatic amines is 1. The van der Waals surface area contributed by atoms with Crippen molar-refractivity contribution >= 4 is 16.6 Å². The second-order valence-corrected chi connectivity index (χ2v) is 7.00. The molecule has 2 aromatic rings. The number of nitriles is 1. The molecule has 2 unspecified atom stereocenters. The van der Waals surface area contributed by atoms with Crippen molar-refractivity contribution in [1.29, 1.82) is 5.26 Å². The number of pyridine rings is 1. The lowest BCUT2D eigenvalue weighted by Crippen LogP contribution is -2.59. The first-order chi connectivity index (χ1) is 11.7. The number of piperidine rings is 1. The molecule has 3 heterocycles. The summed E-state index contributed by atoms with van der Waals surface area (Å²) in [6, 6.07) is 10.6. The van der Waals surface area contributed by atoms with Crippen LogP contribution in [-0.2, 0) is 0 Å². The molecule has 2 aliphatic rings. The Hall–Kier alpha value is -2.32. The third-order valence-electron chi connectivity index (χ3n) is 5.49. The fraction of sp³-hybridized carbons (Fsp3) is 0.474. The zero-order valence-electron chi connectivity index (χ0n) is 14.0. The number of H-pyrrole nitrogens is 1. The number of nitrogens with one attached hydrogen (secondary N) is 1. The van der Waals surface area contributed by atoms with Crippen LogP contribution in [0.15, 0.2) is 29.1 Å². The maximum Gasteiger partial charge on any atom is 0.248 e. The molecule has 24 heavy (non-hydrogen) atoms. The third-order valence-corrected chi connectivity index (χ3v) is 5.49. The van der Waals surface area contributed by atoms with Crippen LogP contribution in [0.3, 0.4) is 0 Å². The summed E-state index contributed by atoms with van der Waals surface area (Å²) >= 11 is 0. The predicted molar refractivity (Wildman–Crippen MR) is 95.3 cm³/mol. The zero-order chi connectivity index (χ0) is 16.7. The zero-order valence-corrected chi connectivity index (χ0v) is 14.0. The minimum absolute atomic E-state index is 0.165. The van der Waals surface area contributed by atoms with Gasteiger partial charge in [0.25, 0.3) is 0 Å². The van der Waals surface area contributed by atoms with Gasteiger partial charge in [-0.3, -0.25) is 9.69 Å². The van der Waals surface area contributed by atoms with Crippen LogP contribution in [0.25, 0.3) is 10.9 Å². The standard InChI is InChI=1S/C19H22N4O/c1-13-11-22(12-15-4-2-3-9-23(13)15)17-7-5-14(10-20)19-16(17)6-8-18(24)21-19/h5-8,13,15H,2-4,9,11-12H2,1H3,(H,21,24). The fourth-order valence-electron chi connectivity index (χ4n) is 4.35. The Labute approximate surface area is 141 Å². The lowest BCUT2D eigenvalue weighted by molar-refractivity contribution is 0.0864. The predicted octanol–water partition coefficient (Wildman–Crippen LogP) is 2.46. The highest BCUT2D eigenvalue weighted by Gasteiger charge is 2.34. The number of benzene rings is 1. The van der Waals surface area contributed by atoms with E-state index in [1.807, 2.05) is 18.2 Å². The van der Waals surface area contributed by atoms with E-state index in [1.54, 1.807) is 6.07 Å². The van der Waals surface area contributed by atoms with E-state index in [0.717, 1.165) is 24.2 Å². The van der Waals surface area contributed by atoms with Crippen LogP contribution in [0.4, 0.5) is 5.69 Å². The number of rotatable bonds is 1. The molecule has 1 N–H and O–H groups in total. The minimum atomic E-state index is -0.165. The highest BCUT2D eigenvalue weighted by Crippen LogP contribution is 2.32. The van der Waals surface area contributed by atoms with Gasteiger partial charge < -0.3 is 9.88 Å². The molecule has 4 rings (SSSR count). The molecule has 5 nitrogen and oxygen atoms in total. The summed E-state index contributed by atoms with van der Waals surface area (Å²) in [5.74, 6) is 0. The van der Waals surface area contributed by atoms with E-state index in [0.29, 0.717) is 23.2 Å². The van der Waals surface area contributed by atoms with Gasteiger partial charge in [-0.2, -0.15) is 5.26 Å². The van der Waals surface area contributed by atoms with Gasteiger partial charge in [0.1, 0.15) is 6.07 Å². The monoisotopic (exact) mass is 322 g/mol. The van der Waals surface area contributed by atoms with E-state index < -0.39 is 0 Å². The van der Waals surface area contributed by atoms with E-state index in [-0.39, 0.29) is 5.56 Å². The van der Waals surface area contributed by atoms with Crippen molar-refractivity contribution in [1.82, 2.24) is 9.88 Å². The highest BCUT2D eigenvalue weighted by molar-refractivity contribution is 5.95. The molecule has 2 atom stereocenters. The fourth-order valence-corrected chi connectivity index (χ4v) is 4.35. The number of hydrogen-bond donors (Lipinski definition) is 1. The molecule has 0 radical (unpaired) electrons. The molecule has 0 aliphatic carbocycles. The Morgan fingerprint density at radius 3 is 2.92 bits per heavy atom. The van der Waals surface area contributed by atoms with Crippen LogP contribution >= 0.6 is 0 Å². The summed E-state index contributed by atoms with van der Waals surface area (Å²) in [7, 11) is 0. The molecule has 0 amide bonds. The van der Waals surface area contributed by atoms with Crippen LogP contribution in [0, 0.1) is 11.3 Å². The number of fused-ring (bicyclic) bond motifs is 2. The van der Waals surface area contributed by atoms with Gasteiger partial charge in [0.2, 0.25) is 5.56 Å². The van der Waals surface area contributed by atoms with Crippen LogP contribution in [0.1, 0.15) is 31.7 Å². The molecule has 124 valence electrons. The summed E-state index contributed by atoms with van der Waals surface area (Å²) in [4.78, 5) is 19.6. The number of piperazine rings is 1. The second-order valence-electron chi connectivity index (χ2n) is 7.00. The third kappa shape index (κ3) is 2.47. The Kier molecular flexibility index (Phi) is 3.78.